The Labute approximate surface area is 232 Å². The number of piperidine rings is 1. The molecule has 9 nitrogen and oxygen atoms in total. The van der Waals surface area contributed by atoms with Crippen LogP contribution in [-0.4, -0.2) is 52.2 Å². The molecule has 3 heterocycles. The number of benzene rings is 2. The van der Waals surface area contributed by atoms with E-state index in [1.165, 1.54) is 20.9 Å². The molecule has 2 aromatic heterocycles. The van der Waals surface area contributed by atoms with E-state index in [4.69, 9.17) is 9.47 Å². The monoisotopic (exact) mass is 542 g/mol. The van der Waals surface area contributed by atoms with Gasteiger partial charge in [-0.25, -0.2) is 9.78 Å². The Balaban J connectivity index is 1.34. The Hall–Kier alpha value is -4.40. The Bertz CT molecular complexity index is 1600. The highest BCUT2D eigenvalue weighted by molar-refractivity contribution is 5.79. The Morgan fingerprint density at radius 3 is 2.38 bits per heavy atom. The number of rotatable bonds is 9. The average Bonchev–Trinajstić information content (AvgIpc) is 3.00. The standard InChI is InChI=1S/C31H34N4O5/c1-39-26-11-10-23(20-27(26)40-2)14-18-34-30(37)29-25(9-6-15-32-29)35(31(34)38)21-28(36)33-16-12-24(13-17-33)19-22-7-4-3-5-8-22/h3-11,15,20,24H,12-14,16-19,21H2,1-2H3. The summed E-state index contributed by atoms with van der Waals surface area (Å²) < 4.78 is 13.2. The molecule has 9 heteroatoms. The fraction of sp³-hybridized carbons (Fsp3) is 0.355. The summed E-state index contributed by atoms with van der Waals surface area (Å²) in [6.07, 6.45) is 4.78. The molecule has 1 aliphatic rings. The van der Waals surface area contributed by atoms with Crippen LogP contribution in [0.1, 0.15) is 24.0 Å². The summed E-state index contributed by atoms with van der Waals surface area (Å²) in [5, 5.41) is 0. The van der Waals surface area contributed by atoms with Crippen molar-refractivity contribution in [3.63, 3.8) is 0 Å². The summed E-state index contributed by atoms with van der Waals surface area (Å²) in [4.78, 5) is 46.3. The van der Waals surface area contributed by atoms with Gasteiger partial charge in [0.05, 0.1) is 19.7 Å². The Morgan fingerprint density at radius 1 is 0.900 bits per heavy atom. The molecule has 0 aliphatic carbocycles. The zero-order valence-electron chi connectivity index (χ0n) is 22.9. The Kier molecular flexibility index (Phi) is 8.28. The number of likely N-dealkylation sites (tertiary alicyclic amines) is 1. The quantitative estimate of drug-likeness (QED) is 0.322. The van der Waals surface area contributed by atoms with Gasteiger partial charge < -0.3 is 14.4 Å². The van der Waals surface area contributed by atoms with Crippen molar-refractivity contribution < 1.29 is 14.3 Å². The molecule has 2 aromatic carbocycles. The van der Waals surface area contributed by atoms with Crippen LogP contribution < -0.4 is 20.7 Å². The predicted molar refractivity (Wildman–Crippen MR) is 153 cm³/mol. The molecular weight excluding hydrogens is 508 g/mol. The first kappa shape index (κ1) is 27.2. The smallest absolute Gasteiger partial charge is 0.332 e. The van der Waals surface area contributed by atoms with Gasteiger partial charge in [0, 0.05) is 25.8 Å². The van der Waals surface area contributed by atoms with E-state index in [0.717, 1.165) is 24.8 Å². The third kappa shape index (κ3) is 5.78. The molecule has 1 amide bonds. The van der Waals surface area contributed by atoms with E-state index in [-0.39, 0.29) is 24.5 Å². The largest absolute Gasteiger partial charge is 0.493 e. The zero-order valence-corrected chi connectivity index (χ0v) is 22.9. The van der Waals surface area contributed by atoms with Crippen molar-refractivity contribution in [1.29, 1.82) is 0 Å². The van der Waals surface area contributed by atoms with Crippen LogP contribution in [0, 0.1) is 5.92 Å². The van der Waals surface area contributed by atoms with Gasteiger partial charge in [0.25, 0.3) is 5.56 Å². The molecule has 1 fully saturated rings. The number of carbonyl (C=O) groups excluding carboxylic acids is 1. The minimum atomic E-state index is -0.515. The number of aromatic nitrogens is 3. The number of nitrogens with zero attached hydrogens (tertiary/aromatic N) is 4. The van der Waals surface area contributed by atoms with Crippen molar-refractivity contribution in [2.24, 2.45) is 5.92 Å². The number of amides is 1. The number of hydrogen-bond donors (Lipinski definition) is 0. The summed E-state index contributed by atoms with van der Waals surface area (Å²) in [5.41, 5.74) is 1.75. The van der Waals surface area contributed by atoms with Gasteiger partial charge in [-0.2, -0.15) is 0 Å². The van der Waals surface area contributed by atoms with Crippen molar-refractivity contribution in [3.8, 4) is 11.5 Å². The summed E-state index contributed by atoms with van der Waals surface area (Å²) in [7, 11) is 3.12. The molecule has 0 spiro atoms. The maximum atomic E-state index is 13.6. The molecule has 0 atom stereocenters. The fourth-order valence-electron chi connectivity index (χ4n) is 5.44. The molecule has 0 saturated carbocycles. The van der Waals surface area contributed by atoms with E-state index in [0.29, 0.717) is 42.4 Å². The fourth-order valence-corrected chi connectivity index (χ4v) is 5.44. The predicted octanol–water partition coefficient (Wildman–Crippen LogP) is 3.30. The second kappa shape index (κ2) is 12.2. The minimum absolute atomic E-state index is 0.129. The molecule has 40 heavy (non-hydrogen) atoms. The number of ether oxygens (including phenoxy) is 2. The first-order valence-electron chi connectivity index (χ1n) is 13.6. The zero-order chi connectivity index (χ0) is 28.1. The van der Waals surface area contributed by atoms with E-state index in [2.05, 4.69) is 29.2 Å². The molecule has 0 unspecified atom stereocenters. The van der Waals surface area contributed by atoms with E-state index >= 15 is 0 Å². The molecule has 1 aliphatic heterocycles. The van der Waals surface area contributed by atoms with Crippen LogP contribution in [-0.2, 0) is 30.7 Å². The first-order valence-corrected chi connectivity index (χ1v) is 13.6. The molecule has 0 radical (unpaired) electrons. The lowest BCUT2D eigenvalue weighted by molar-refractivity contribution is -0.133. The molecule has 0 N–H and O–H groups in total. The van der Waals surface area contributed by atoms with Crippen LogP contribution in [0.15, 0.2) is 76.4 Å². The SMILES string of the molecule is COc1ccc(CCn2c(=O)c3ncccc3n(CC(=O)N3CCC(Cc4ccccc4)CC3)c2=O)cc1OC. The maximum absolute atomic E-state index is 13.6. The summed E-state index contributed by atoms with van der Waals surface area (Å²) in [6, 6.07) is 19.2. The number of hydrogen-bond acceptors (Lipinski definition) is 6. The van der Waals surface area contributed by atoms with Gasteiger partial charge in [-0.3, -0.25) is 18.7 Å². The summed E-state index contributed by atoms with van der Waals surface area (Å²) in [6.45, 7) is 1.31. The number of aryl methyl sites for hydroxylation is 1. The highest BCUT2D eigenvalue weighted by Gasteiger charge is 2.25. The highest BCUT2D eigenvalue weighted by atomic mass is 16.5. The van der Waals surface area contributed by atoms with Crippen molar-refractivity contribution in [2.75, 3.05) is 27.3 Å². The van der Waals surface area contributed by atoms with Crippen LogP contribution in [0.3, 0.4) is 0 Å². The maximum Gasteiger partial charge on any atom is 0.332 e. The van der Waals surface area contributed by atoms with Crippen LogP contribution in [0.5, 0.6) is 11.5 Å². The lowest BCUT2D eigenvalue weighted by Gasteiger charge is -2.32. The van der Waals surface area contributed by atoms with Gasteiger partial charge in [0.15, 0.2) is 17.0 Å². The van der Waals surface area contributed by atoms with Crippen LogP contribution in [0.4, 0.5) is 0 Å². The topological polar surface area (TPSA) is 95.7 Å². The van der Waals surface area contributed by atoms with Gasteiger partial charge in [-0.1, -0.05) is 36.4 Å². The van der Waals surface area contributed by atoms with Gasteiger partial charge >= 0.3 is 5.69 Å². The summed E-state index contributed by atoms with van der Waals surface area (Å²) in [5.74, 6) is 1.57. The number of methoxy groups -OCH3 is 2. The van der Waals surface area contributed by atoms with Crippen molar-refractivity contribution >= 4 is 16.9 Å². The molecule has 1 saturated heterocycles. The van der Waals surface area contributed by atoms with E-state index in [1.54, 1.807) is 32.4 Å². The van der Waals surface area contributed by atoms with E-state index < -0.39 is 11.2 Å². The van der Waals surface area contributed by atoms with Crippen LogP contribution in [0.2, 0.25) is 0 Å². The van der Waals surface area contributed by atoms with Gasteiger partial charge in [0.2, 0.25) is 5.91 Å². The van der Waals surface area contributed by atoms with Gasteiger partial charge in [-0.15, -0.1) is 0 Å². The number of carbonyl (C=O) groups is 1. The van der Waals surface area contributed by atoms with E-state index in [9.17, 15) is 14.4 Å². The molecular formula is C31H34N4O5. The van der Waals surface area contributed by atoms with Crippen molar-refractivity contribution in [2.45, 2.75) is 38.8 Å². The normalized spacial score (nSPS) is 13.9. The summed E-state index contributed by atoms with van der Waals surface area (Å²) >= 11 is 0. The van der Waals surface area contributed by atoms with Crippen LogP contribution in [0.25, 0.3) is 11.0 Å². The van der Waals surface area contributed by atoms with Crippen LogP contribution >= 0.6 is 0 Å². The minimum Gasteiger partial charge on any atom is -0.493 e. The molecule has 5 rings (SSSR count). The van der Waals surface area contributed by atoms with Crippen molar-refractivity contribution in [3.05, 3.63) is 98.8 Å². The number of fused-ring (bicyclic) bond motifs is 1. The molecule has 0 bridgehead atoms. The lowest BCUT2D eigenvalue weighted by atomic mass is 9.90. The van der Waals surface area contributed by atoms with Gasteiger partial charge in [-0.05, 0) is 67.0 Å². The molecule has 208 valence electrons. The second-order valence-electron chi connectivity index (χ2n) is 10.1. The van der Waals surface area contributed by atoms with Gasteiger partial charge in [0.1, 0.15) is 6.54 Å². The second-order valence-corrected chi connectivity index (χ2v) is 10.1. The third-order valence-corrected chi connectivity index (χ3v) is 7.69. The van der Waals surface area contributed by atoms with Crippen molar-refractivity contribution in [1.82, 2.24) is 19.0 Å². The lowest BCUT2D eigenvalue weighted by Crippen LogP contribution is -2.45. The molecule has 4 aromatic rings. The Morgan fingerprint density at radius 2 is 1.65 bits per heavy atom. The third-order valence-electron chi connectivity index (χ3n) is 7.69. The first-order chi connectivity index (χ1) is 19.5. The number of pyridine rings is 1. The van der Waals surface area contributed by atoms with E-state index in [1.807, 2.05) is 23.1 Å². The average molecular weight is 543 g/mol. The highest BCUT2D eigenvalue weighted by Crippen LogP contribution is 2.28.